The van der Waals surface area contributed by atoms with Gasteiger partial charge in [0.25, 0.3) is 0 Å². The van der Waals surface area contributed by atoms with Crippen molar-refractivity contribution in [3.63, 3.8) is 0 Å². The van der Waals surface area contributed by atoms with Gasteiger partial charge in [-0.25, -0.2) is 9.18 Å². The van der Waals surface area contributed by atoms with Crippen molar-refractivity contribution in [2.75, 3.05) is 43.5 Å². The molecule has 0 bridgehead atoms. The SMILES string of the molecule is COc1ccc(N2CCN(C(=O)Nc3ccc(C)c(F)c3)CC2)cc1. The molecule has 2 amide bonds. The number of carbonyl (C=O) groups is 1. The number of urea groups is 1. The Morgan fingerprint density at radius 1 is 1.08 bits per heavy atom. The minimum atomic E-state index is -0.317. The van der Waals surface area contributed by atoms with Gasteiger partial charge in [-0.15, -0.1) is 0 Å². The Balaban J connectivity index is 1.55. The van der Waals surface area contributed by atoms with Crippen molar-refractivity contribution >= 4 is 17.4 Å². The van der Waals surface area contributed by atoms with Gasteiger partial charge in [-0.05, 0) is 48.9 Å². The molecule has 6 heteroatoms. The molecule has 25 heavy (non-hydrogen) atoms. The third-order valence-corrected chi connectivity index (χ3v) is 4.43. The van der Waals surface area contributed by atoms with Crippen LogP contribution in [0.5, 0.6) is 5.75 Å². The van der Waals surface area contributed by atoms with E-state index >= 15 is 0 Å². The second kappa shape index (κ2) is 7.42. The Bertz CT molecular complexity index is 741. The lowest BCUT2D eigenvalue weighted by Crippen LogP contribution is -2.50. The van der Waals surface area contributed by atoms with E-state index in [1.165, 1.54) is 6.07 Å². The van der Waals surface area contributed by atoms with Crippen LogP contribution >= 0.6 is 0 Å². The maximum Gasteiger partial charge on any atom is 0.321 e. The molecule has 1 aliphatic rings. The molecular weight excluding hydrogens is 321 g/mol. The average Bonchev–Trinajstić information content (AvgIpc) is 2.65. The first-order valence-electron chi connectivity index (χ1n) is 8.28. The van der Waals surface area contributed by atoms with Crippen molar-refractivity contribution in [1.82, 2.24) is 4.90 Å². The molecule has 1 saturated heterocycles. The van der Waals surface area contributed by atoms with Crippen LogP contribution in [0, 0.1) is 12.7 Å². The highest BCUT2D eigenvalue weighted by atomic mass is 19.1. The average molecular weight is 343 g/mol. The van der Waals surface area contributed by atoms with E-state index in [0.29, 0.717) is 24.3 Å². The lowest BCUT2D eigenvalue weighted by molar-refractivity contribution is 0.208. The van der Waals surface area contributed by atoms with Gasteiger partial charge < -0.3 is 19.9 Å². The Labute approximate surface area is 147 Å². The predicted molar refractivity (Wildman–Crippen MR) is 96.9 cm³/mol. The van der Waals surface area contributed by atoms with Gasteiger partial charge in [-0.2, -0.15) is 0 Å². The van der Waals surface area contributed by atoms with Gasteiger partial charge in [0, 0.05) is 37.6 Å². The first-order valence-corrected chi connectivity index (χ1v) is 8.28. The molecule has 0 aliphatic carbocycles. The van der Waals surface area contributed by atoms with Crippen molar-refractivity contribution in [2.24, 2.45) is 0 Å². The van der Waals surface area contributed by atoms with Gasteiger partial charge in [0.05, 0.1) is 7.11 Å². The molecular formula is C19H22FN3O2. The van der Waals surface area contributed by atoms with E-state index < -0.39 is 0 Å². The van der Waals surface area contributed by atoms with Crippen molar-refractivity contribution in [3.8, 4) is 5.75 Å². The van der Waals surface area contributed by atoms with Crippen molar-refractivity contribution < 1.29 is 13.9 Å². The monoisotopic (exact) mass is 343 g/mol. The van der Waals surface area contributed by atoms with Crippen LogP contribution in [0.25, 0.3) is 0 Å². The van der Waals surface area contributed by atoms with Crippen molar-refractivity contribution in [1.29, 1.82) is 0 Å². The van der Waals surface area contributed by atoms with E-state index in [1.807, 2.05) is 24.3 Å². The molecule has 5 nitrogen and oxygen atoms in total. The molecule has 0 unspecified atom stereocenters. The van der Waals surface area contributed by atoms with E-state index in [1.54, 1.807) is 31.1 Å². The number of amides is 2. The van der Waals surface area contributed by atoms with Gasteiger partial charge in [-0.3, -0.25) is 0 Å². The molecule has 0 atom stereocenters. The fraction of sp³-hybridized carbons (Fsp3) is 0.316. The number of carbonyl (C=O) groups excluding carboxylic acids is 1. The second-order valence-electron chi connectivity index (χ2n) is 6.07. The molecule has 2 aromatic rings. The summed E-state index contributed by atoms with van der Waals surface area (Å²) in [4.78, 5) is 16.3. The quantitative estimate of drug-likeness (QED) is 0.928. The predicted octanol–water partition coefficient (Wildman–Crippen LogP) is 3.50. The highest BCUT2D eigenvalue weighted by Gasteiger charge is 2.21. The lowest BCUT2D eigenvalue weighted by Gasteiger charge is -2.36. The van der Waals surface area contributed by atoms with Gasteiger partial charge in [-0.1, -0.05) is 6.07 Å². The number of hydrogen-bond donors (Lipinski definition) is 1. The largest absolute Gasteiger partial charge is 0.497 e. The van der Waals surface area contributed by atoms with Gasteiger partial charge in [0.15, 0.2) is 0 Å². The standard InChI is InChI=1S/C19H22FN3O2/c1-14-3-4-15(13-18(14)20)21-19(24)23-11-9-22(10-12-23)16-5-7-17(25-2)8-6-16/h3-8,13H,9-12H2,1-2H3,(H,21,24). The van der Waals surface area contributed by atoms with Crippen molar-refractivity contribution in [2.45, 2.75) is 6.92 Å². The smallest absolute Gasteiger partial charge is 0.321 e. The van der Waals surface area contributed by atoms with Crippen molar-refractivity contribution in [3.05, 3.63) is 53.8 Å². The first-order chi connectivity index (χ1) is 12.1. The molecule has 0 saturated carbocycles. The number of nitrogens with zero attached hydrogens (tertiary/aromatic N) is 2. The number of nitrogens with one attached hydrogen (secondary N) is 1. The van der Waals surface area contributed by atoms with Crippen LogP contribution in [0.15, 0.2) is 42.5 Å². The molecule has 1 N–H and O–H groups in total. The Kier molecular flexibility index (Phi) is 5.07. The molecule has 1 fully saturated rings. The molecule has 1 heterocycles. The minimum absolute atomic E-state index is 0.197. The lowest BCUT2D eigenvalue weighted by atomic mass is 10.2. The number of piperazine rings is 1. The number of hydrogen-bond acceptors (Lipinski definition) is 3. The molecule has 3 rings (SSSR count). The highest BCUT2D eigenvalue weighted by molar-refractivity contribution is 5.89. The number of anilines is 2. The number of methoxy groups -OCH3 is 1. The molecule has 2 aromatic carbocycles. The topological polar surface area (TPSA) is 44.8 Å². The van der Waals surface area contributed by atoms with Crippen LogP contribution in [0.1, 0.15) is 5.56 Å². The summed E-state index contributed by atoms with van der Waals surface area (Å²) in [6.45, 7) is 4.43. The summed E-state index contributed by atoms with van der Waals surface area (Å²) < 4.78 is 18.8. The van der Waals surface area contributed by atoms with E-state index in [2.05, 4.69) is 10.2 Å². The van der Waals surface area contributed by atoms with E-state index in [-0.39, 0.29) is 11.8 Å². The Morgan fingerprint density at radius 3 is 2.36 bits per heavy atom. The summed E-state index contributed by atoms with van der Waals surface area (Å²) >= 11 is 0. The zero-order valence-electron chi connectivity index (χ0n) is 14.5. The maximum atomic E-state index is 13.6. The summed E-state index contributed by atoms with van der Waals surface area (Å²) in [5.41, 5.74) is 2.15. The maximum absolute atomic E-state index is 13.6. The number of rotatable bonds is 3. The molecule has 132 valence electrons. The highest BCUT2D eigenvalue weighted by Crippen LogP contribution is 2.21. The third-order valence-electron chi connectivity index (χ3n) is 4.43. The fourth-order valence-corrected chi connectivity index (χ4v) is 2.83. The number of aryl methyl sites for hydroxylation is 1. The van der Waals surface area contributed by atoms with Crippen LogP contribution in [0.2, 0.25) is 0 Å². The summed E-state index contributed by atoms with van der Waals surface area (Å²) in [5.74, 6) is 0.509. The van der Waals surface area contributed by atoms with E-state index in [4.69, 9.17) is 4.74 Å². The zero-order chi connectivity index (χ0) is 17.8. The van der Waals surface area contributed by atoms with Crippen LogP contribution < -0.4 is 15.0 Å². The number of halogens is 1. The number of benzene rings is 2. The van der Waals surface area contributed by atoms with Gasteiger partial charge in [0.2, 0.25) is 0 Å². The van der Waals surface area contributed by atoms with Crippen LogP contribution in [-0.4, -0.2) is 44.2 Å². The summed E-state index contributed by atoms with van der Waals surface area (Å²) in [5, 5.41) is 2.76. The minimum Gasteiger partial charge on any atom is -0.497 e. The normalized spacial score (nSPS) is 14.4. The summed E-state index contributed by atoms with van der Waals surface area (Å²) in [7, 11) is 1.65. The van der Waals surface area contributed by atoms with Gasteiger partial charge >= 0.3 is 6.03 Å². The van der Waals surface area contributed by atoms with E-state index in [9.17, 15) is 9.18 Å². The molecule has 1 aliphatic heterocycles. The zero-order valence-corrected chi connectivity index (χ0v) is 14.5. The van der Waals surface area contributed by atoms with Crippen LogP contribution in [-0.2, 0) is 0 Å². The number of ether oxygens (including phenoxy) is 1. The second-order valence-corrected chi connectivity index (χ2v) is 6.07. The summed E-state index contributed by atoms with van der Waals surface area (Å²) in [6.07, 6.45) is 0. The Morgan fingerprint density at radius 2 is 1.76 bits per heavy atom. The first kappa shape index (κ1) is 17.1. The third kappa shape index (κ3) is 4.02. The van der Waals surface area contributed by atoms with E-state index in [0.717, 1.165) is 24.5 Å². The Hall–Kier alpha value is -2.76. The molecule has 0 aromatic heterocycles. The summed E-state index contributed by atoms with van der Waals surface area (Å²) in [6, 6.07) is 12.4. The fourth-order valence-electron chi connectivity index (χ4n) is 2.83. The molecule has 0 spiro atoms. The van der Waals surface area contributed by atoms with Gasteiger partial charge in [0.1, 0.15) is 11.6 Å². The molecule has 0 radical (unpaired) electrons. The van der Waals surface area contributed by atoms with Crippen LogP contribution in [0.4, 0.5) is 20.6 Å². The van der Waals surface area contributed by atoms with Crippen LogP contribution in [0.3, 0.4) is 0 Å².